The molecule has 0 saturated heterocycles. The first-order valence-electron chi connectivity index (χ1n) is 6.36. The van der Waals surface area contributed by atoms with Gasteiger partial charge >= 0.3 is 0 Å². The Morgan fingerprint density at radius 1 is 1.42 bits per heavy atom. The predicted molar refractivity (Wildman–Crippen MR) is 78.4 cm³/mol. The number of nitrogens with zero attached hydrogens (tertiary/aromatic N) is 2. The topological polar surface area (TPSA) is 39.1 Å². The molecule has 0 fully saturated rings. The number of ether oxygens (including phenoxy) is 1. The van der Waals surface area contributed by atoms with Gasteiger partial charge in [-0.3, -0.25) is 0 Å². The molecule has 102 valence electrons. The van der Waals surface area contributed by atoms with E-state index in [4.69, 9.17) is 16.3 Å². The minimum atomic E-state index is 0.644. The van der Waals surface area contributed by atoms with Crippen molar-refractivity contribution in [3.05, 3.63) is 35.6 Å². The predicted octanol–water partition coefficient (Wildman–Crippen LogP) is 4.09. The molecule has 1 heterocycles. The minimum absolute atomic E-state index is 0.644. The van der Waals surface area contributed by atoms with Crippen LogP contribution >= 0.6 is 11.6 Å². The fraction of sp³-hybridized carbons (Fsp3) is 0.357. The van der Waals surface area contributed by atoms with E-state index < -0.39 is 0 Å². The van der Waals surface area contributed by atoms with Crippen molar-refractivity contribution in [1.82, 2.24) is 9.55 Å². The van der Waals surface area contributed by atoms with Gasteiger partial charge in [0.15, 0.2) is 0 Å². The van der Waals surface area contributed by atoms with Crippen LogP contribution in [-0.2, 0) is 6.54 Å². The first-order chi connectivity index (χ1) is 9.24. The normalized spacial score (nSPS) is 10.5. The second kappa shape index (κ2) is 6.48. The lowest BCUT2D eigenvalue weighted by atomic mass is 10.3. The standard InChI is InChI=1S/C14H18ClN3O/c1-3-4-8-18-9-7-16-14(18)17-13-10-11(19-2)5-6-12(13)15/h5-7,9-10H,3-4,8H2,1-2H3,(H,16,17). The van der Waals surface area contributed by atoms with E-state index >= 15 is 0 Å². The summed E-state index contributed by atoms with van der Waals surface area (Å²) in [6.07, 6.45) is 6.02. The highest BCUT2D eigenvalue weighted by atomic mass is 35.5. The molecule has 0 aliphatic heterocycles. The monoisotopic (exact) mass is 279 g/mol. The first kappa shape index (κ1) is 13.7. The fourth-order valence-electron chi connectivity index (χ4n) is 1.79. The van der Waals surface area contributed by atoms with Gasteiger partial charge in [-0.25, -0.2) is 4.98 Å². The van der Waals surface area contributed by atoms with E-state index in [2.05, 4.69) is 21.8 Å². The summed E-state index contributed by atoms with van der Waals surface area (Å²) in [6.45, 7) is 3.11. The van der Waals surface area contributed by atoms with E-state index in [9.17, 15) is 0 Å². The molecule has 0 spiro atoms. The number of halogens is 1. The summed E-state index contributed by atoms with van der Waals surface area (Å²) in [5.74, 6) is 1.56. The second-order valence-corrected chi connectivity index (χ2v) is 4.68. The molecule has 0 aliphatic carbocycles. The zero-order chi connectivity index (χ0) is 13.7. The zero-order valence-corrected chi connectivity index (χ0v) is 11.9. The summed E-state index contributed by atoms with van der Waals surface area (Å²) in [4.78, 5) is 4.31. The summed E-state index contributed by atoms with van der Waals surface area (Å²) in [7, 11) is 1.63. The van der Waals surface area contributed by atoms with Crippen molar-refractivity contribution in [2.75, 3.05) is 12.4 Å². The van der Waals surface area contributed by atoms with Gasteiger partial charge in [0.1, 0.15) is 5.75 Å². The van der Waals surface area contributed by atoms with Gasteiger partial charge in [0.25, 0.3) is 0 Å². The molecule has 1 N–H and O–H groups in total. The highest BCUT2D eigenvalue weighted by Gasteiger charge is 2.07. The van der Waals surface area contributed by atoms with E-state index in [0.29, 0.717) is 5.02 Å². The number of aryl methyl sites for hydroxylation is 1. The maximum atomic E-state index is 6.17. The number of hydrogen-bond acceptors (Lipinski definition) is 3. The van der Waals surface area contributed by atoms with Crippen LogP contribution in [-0.4, -0.2) is 16.7 Å². The number of unbranched alkanes of at least 4 members (excludes halogenated alkanes) is 1. The van der Waals surface area contributed by atoms with E-state index in [1.165, 1.54) is 0 Å². The average Bonchev–Trinajstić information content (AvgIpc) is 2.86. The number of rotatable bonds is 6. The van der Waals surface area contributed by atoms with Crippen LogP contribution in [0.2, 0.25) is 5.02 Å². The van der Waals surface area contributed by atoms with Crippen LogP contribution in [0.25, 0.3) is 0 Å². The fourth-order valence-corrected chi connectivity index (χ4v) is 1.95. The second-order valence-electron chi connectivity index (χ2n) is 4.27. The van der Waals surface area contributed by atoms with Crippen LogP contribution in [0.3, 0.4) is 0 Å². The summed E-state index contributed by atoms with van der Waals surface area (Å²) in [5, 5.41) is 3.89. The van der Waals surface area contributed by atoms with Crippen LogP contribution in [0.15, 0.2) is 30.6 Å². The smallest absolute Gasteiger partial charge is 0.207 e. The van der Waals surface area contributed by atoms with Gasteiger partial charge in [-0.1, -0.05) is 24.9 Å². The molecule has 0 amide bonds. The van der Waals surface area contributed by atoms with Gasteiger partial charge in [-0.2, -0.15) is 0 Å². The Labute approximate surface area is 118 Å². The van der Waals surface area contributed by atoms with Gasteiger partial charge in [0.05, 0.1) is 17.8 Å². The number of methoxy groups -OCH3 is 1. The third-order valence-electron chi connectivity index (χ3n) is 2.89. The van der Waals surface area contributed by atoms with Crippen LogP contribution in [0.5, 0.6) is 5.75 Å². The van der Waals surface area contributed by atoms with Gasteiger partial charge < -0.3 is 14.6 Å². The SMILES string of the molecule is CCCCn1ccnc1Nc1cc(OC)ccc1Cl. The molecule has 0 unspecified atom stereocenters. The van der Waals surface area contributed by atoms with Crippen LogP contribution in [0.4, 0.5) is 11.6 Å². The van der Waals surface area contributed by atoms with Gasteiger partial charge in [-0.05, 0) is 18.6 Å². The lowest BCUT2D eigenvalue weighted by Crippen LogP contribution is -2.03. The maximum absolute atomic E-state index is 6.17. The van der Waals surface area contributed by atoms with E-state index in [0.717, 1.165) is 36.8 Å². The molecule has 0 saturated carbocycles. The minimum Gasteiger partial charge on any atom is -0.497 e. The lowest BCUT2D eigenvalue weighted by Gasteiger charge is -2.11. The number of hydrogen-bond donors (Lipinski definition) is 1. The van der Waals surface area contributed by atoms with E-state index in [1.54, 1.807) is 13.3 Å². The largest absolute Gasteiger partial charge is 0.497 e. The number of benzene rings is 1. The van der Waals surface area contributed by atoms with Crippen molar-refractivity contribution in [3.8, 4) is 5.75 Å². The van der Waals surface area contributed by atoms with Gasteiger partial charge in [-0.15, -0.1) is 0 Å². The molecule has 1 aromatic carbocycles. The molecule has 4 nitrogen and oxygen atoms in total. The molecule has 0 radical (unpaired) electrons. The Bertz CT molecular complexity index is 539. The van der Waals surface area contributed by atoms with Crippen molar-refractivity contribution in [3.63, 3.8) is 0 Å². The van der Waals surface area contributed by atoms with Crippen molar-refractivity contribution < 1.29 is 4.74 Å². The van der Waals surface area contributed by atoms with Gasteiger partial charge in [0, 0.05) is 25.0 Å². The third kappa shape index (κ3) is 3.41. The summed E-state index contributed by atoms with van der Waals surface area (Å²) in [5.41, 5.74) is 0.796. The van der Waals surface area contributed by atoms with Crippen LogP contribution < -0.4 is 10.1 Å². The summed E-state index contributed by atoms with van der Waals surface area (Å²) < 4.78 is 7.28. The zero-order valence-electron chi connectivity index (χ0n) is 11.2. The first-order valence-corrected chi connectivity index (χ1v) is 6.74. The Balaban J connectivity index is 2.18. The lowest BCUT2D eigenvalue weighted by molar-refractivity contribution is 0.415. The molecular formula is C14H18ClN3O. The molecule has 0 atom stereocenters. The van der Waals surface area contributed by atoms with Crippen LogP contribution in [0.1, 0.15) is 19.8 Å². The van der Waals surface area contributed by atoms with Crippen molar-refractivity contribution in [1.29, 1.82) is 0 Å². The van der Waals surface area contributed by atoms with Crippen molar-refractivity contribution in [2.45, 2.75) is 26.3 Å². The number of anilines is 2. The molecule has 2 rings (SSSR count). The maximum Gasteiger partial charge on any atom is 0.207 e. The van der Waals surface area contributed by atoms with Gasteiger partial charge in [0.2, 0.25) is 5.95 Å². The highest BCUT2D eigenvalue weighted by Crippen LogP contribution is 2.29. The van der Waals surface area contributed by atoms with E-state index in [-0.39, 0.29) is 0 Å². The molecule has 0 bridgehead atoms. The number of nitrogens with one attached hydrogen (secondary N) is 1. The average molecular weight is 280 g/mol. The molecule has 19 heavy (non-hydrogen) atoms. The summed E-state index contributed by atoms with van der Waals surface area (Å²) in [6, 6.07) is 5.50. The molecule has 5 heteroatoms. The molecular weight excluding hydrogens is 262 g/mol. The van der Waals surface area contributed by atoms with Crippen molar-refractivity contribution >= 4 is 23.2 Å². The number of aromatic nitrogens is 2. The molecule has 0 aliphatic rings. The Morgan fingerprint density at radius 2 is 2.26 bits per heavy atom. The molecule has 1 aromatic heterocycles. The number of imidazole rings is 1. The van der Waals surface area contributed by atoms with E-state index in [1.807, 2.05) is 24.4 Å². The molecule has 2 aromatic rings. The Kier molecular flexibility index (Phi) is 4.68. The van der Waals surface area contributed by atoms with Crippen molar-refractivity contribution in [2.24, 2.45) is 0 Å². The summed E-state index contributed by atoms with van der Waals surface area (Å²) >= 11 is 6.17. The Morgan fingerprint density at radius 3 is 3.00 bits per heavy atom. The third-order valence-corrected chi connectivity index (χ3v) is 3.22. The quantitative estimate of drug-likeness (QED) is 0.866. The van der Waals surface area contributed by atoms with Crippen LogP contribution in [0, 0.1) is 0 Å². The Hall–Kier alpha value is -1.68. The highest BCUT2D eigenvalue weighted by molar-refractivity contribution is 6.33.